The quantitative estimate of drug-likeness (QED) is 0.786. The van der Waals surface area contributed by atoms with Crippen LogP contribution in [0.25, 0.3) is 0 Å². The van der Waals surface area contributed by atoms with Gasteiger partial charge in [0, 0.05) is 6.61 Å². The van der Waals surface area contributed by atoms with Crippen molar-refractivity contribution in [3.63, 3.8) is 0 Å². The van der Waals surface area contributed by atoms with Gasteiger partial charge in [0.2, 0.25) is 0 Å². The van der Waals surface area contributed by atoms with Crippen LogP contribution in [0.15, 0.2) is 24.3 Å². The molecule has 120 valence electrons. The number of nitrogens with one attached hydrogen (secondary N) is 1. The summed E-state index contributed by atoms with van der Waals surface area (Å²) in [6.07, 6.45) is -3.02. The van der Waals surface area contributed by atoms with Crippen LogP contribution in [0.1, 0.15) is 38.3 Å². The molecule has 0 radical (unpaired) electrons. The van der Waals surface area contributed by atoms with Crippen molar-refractivity contribution in [2.24, 2.45) is 0 Å². The van der Waals surface area contributed by atoms with E-state index in [2.05, 4.69) is 10.1 Å². The Morgan fingerprint density at radius 1 is 1.24 bits per heavy atom. The predicted molar refractivity (Wildman–Crippen MR) is 75.2 cm³/mol. The number of halogens is 3. The SMILES string of the molecule is CCCC(OCC)C(NC)c1cccc(OC(F)(F)F)c1. The Hall–Kier alpha value is -1.27. The van der Waals surface area contributed by atoms with Crippen LogP contribution in [0.3, 0.4) is 0 Å². The van der Waals surface area contributed by atoms with E-state index in [4.69, 9.17) is 4.74 Å². The molecule has 0 amide bonds. The third-order valence-electron chi connectivity index (χ3n) is 3.09. The average molecular weight is 305 g/mol. The zero-order valence-electron chi connectivity index (χ0n) is 12.5. The van der Waals surface area contributed by atoms with Crippen LogP contribution in [0.5, 0.6) is 5.75 Å². The van der Waals surface area contributed by atoms with Crippen LogP contribution < -0.4 is 10.1 Å². The standard InChI is InChI=1S/C15H22F3NO2/c1-4-7-13(20-5-2)14(19-3)11-8-6-9-12(10-11)21-15(16,17)18/h6,8-10,13-14,19H,4-5,7H2,1-3H3. The van der Waals surface area contributed by atoms with E-state index in [1.807, 2.05) is 13.8 Å². The van der Waals surface area contributed by atoms with E-state index >= 15 is 0 Å². The number of alkyl halides is 3. The molecule has 6 heteroatoms. The highest BCUT2D eigenvalue weighted by Gasteiger charge is 2.31. The fourth-order valence-corrected chi connectivity index (χ4v) is 2.32. The van der Waals surface area contributed by atoms with Gasteiger partial charge in [0.05, 0.1) is 12.1 Å². The van der Waals surface area contributed by atoms with Crippen LogP contribution in [-0.2, 0) is 4.74 Å². The minimum Gasteiger partial charge on any atom is -0.406 e. The highest BCUT2D eigenvalue weighted by molar-refractivity contribution is 5.31. The van der Waals surface area contributed by atoms with Crippen LogP contribution in [0, 0.1) is 0 Å². The molecule has 1 N–H and O–H groups in total. The van der Waals surface area contributed by atoms with E-state index < -0.39 is 6.36 Å². The van der Waals surface area contributed by atoms with E-state index in [9.17, 15) is 13.2 Å². The molecule has 0 fully saturated rings. The number of hydrogen-bond acceptors (Lipinski definition) is 3. The van der Waals surface area contributed by atoms with E-state index in [1.165, 1.54) is 12.1 Å². The Morgan fingerprint density at radius 3 is 2.48 bits per heavy atom. The van der Waals surface area contributed by atoms with Crippen molar-refractivity contribution < 1.29 is 22.6 Å². The summed E-state index contributed by atoms with van der Waals surface area (Å²) in [5.41, 5.74) is 0.714. The first kappa shape index (κ1) is 17.8. The molecule has 21 heavy (non-hydrogen) atoms. The molecule has 3 nitrogen and oxygen atoms in total. The first-order chi connectivity index (χ1) is 9.91. The van der Waals surface area contributed by atoms with Gasteiger partial charge < -0.3 is 14.8 Å². The Morgan fingerprint density at radius 2 is 1.95 bits per heavy atom. The maximum Gasteiger partial charge on any atom is 0.573 e. The number of rotatable bonds is 8. The summed E-state index contributed by atoms with van der Waals surface area (Å²) < 4.78 is 46.6. The van der Waals surface area contributed by atoms with Crippen molar-refractivity contribution in [2.45, 2.75) is 45.2 Å². The monoisotopic (exact) mass is 305 g/mol. The molecule has 0 saturated heterocycles. The highest BCUT2D eigenvalue weighted by atomic mass is 19.4. The zero-order valence-corrected chi connectivity index (χ0v) is 12.5. The summed E-state index contributed by atoms with van der Waals surface area (Å²) in [5.74, 6) is -0.216. The fourth-order valence-electron chi connectivity index (χ4n) is 2.32. The first-order valence-corrected chi connectivity index (χ1v) is 7.05. The maximum absolute atomic E-state index is 12.3. The van der Waals surface area contributed by atoms with Crippen molar-refractivity contribution in [1.29, 1.82) is 0 Å². The van der Waals surface area contributed by atoms with Gasteiger partial charge in [-0.25, -0.2) is 0 Å². The summed E-state index contributed by atoms with van der Waals surface area (Å²) in [4.78, 5) is 0. The second kappa shape index (κ2) is 8.24. The number of hydrogen-bond donors (Lipinski definition) is 1. The van der Waals surface area contributed by atoms with Gasteiger partial charge in [-0.15, -0.1) is 13.2 Å². The Kier molecular flexibility index (Phi) is 6.98. The lowest BCUT2D eigenvalue weighted by molar-refractivity contribution is -0.274. The molecule has 1 aromatic carbocycles. The lowest BCUT2D eigenvalue weighted by Crippen LogP contribution is -2.32. The summed E-state index contributed by atoms with van der Waals surface area (Å²) in [5, 5.41) is 3.12. The summed E-state index contributed by atoms with van der Waals surface area (Å²) in [7, 11) is 1.77. The number of likely N-dealkylation sites (N-methyl/N-ethyl adjacent to an activating group) is 1. The van der Waals surface area contributed by atoms with E-state index in [0.29, 0.717) is 12.2 Å². The van der Waals surface area contributed by atoms with E-state index in [1.54, 1.807) is 19.2 Å². The van der Waals surface area contributed by atoms with Crippen molar-refractivity contribution in [3.8, 4) is 5.75 Å². The van der Waals surface area contributed by atoms with Crippen molar-refractivity contribution >= 4 is 0 Å². The van der Waals surface area contributed by atoms with E-state index in [0.717, 1.165) is 12.8 Å². The largest absolute Gasteiger partial charge is 0.573 e. The summed E-state index contributed by atoms with van der Waals surface area (Å²) in [6, 6.07) is 5.83. The molecular formula is C15H22F3NO2. The van der Waals surface area contributed by atoms with Gasteiger partial charge in [-0.3, -0.25) is 0 Å². The minimum atomic E-state index is -4.68. The van der Waals surface area contributed by atoms with Crippen LogP contribution in [-0.4, -0.2) is 26.1 Å². The van der Waals surface area contributed by atoms with Crippen molar-refractivity contribution in [2.75, 3.05) is 13.7 Å². The molecule has 1 aromatic rings. The Bertz CT molecular complexity index is 418. The summed E-state index contributed by atoms with van der Waals surface area (Å²) >= 11 is 0. The third kappa shape index (κ3) is 5.93. The van der Waals surface area contributed by atoms with Gasteiger partial charge in [0.1, 0.15) is 5.75 Å². The molecule has 0 aromatic heterocycles. The minimum absolute atomic E-state index is 0.0915. The Labute approximate surface area is 123 Å². The Balaban J connectivity index is 2.96. The van der Waals surface area contributed by atoms with Crippen LogP contribution in [0.2, 0.25) is 0 Å². The van der Waals surface area contributed by atoms with Crippen LogP contribution >= 0.6 is 0 Å². The van der Waals surface area contributed by atoms with Gasteiger partial charge in [-0.2, -0.15) is 0 Å². The maximum atomic E-state index is 12.3. The normalized spacial score (nSPS) is 14.8. The second-order valence-electron chi connectivity index (χ2n) is 4.67. The topological polar surface area (TPSA) is 30.5 Å². The first-order valence-electron chi connectivity index (χ1n) is 7.05. The van der Waals surface area contributed by atoms with Crippen molar-refractivity contribution in [1.82, 2.24) is 5.32 Å². The molecule has 2 unspecified atom stereocenters. The van der Waals surface area contributed by atoms with Crippen molar-refractivity contribution in [3.05, 3.63) is 29.8 Å². The molecule has 0 heterocycles. The number of benzene rings is 1. The summed E-state index contributed by atoms with van der Waals surface area (Å²) in [6.45, 7) is 4.50. The van der Waals surface area contributed by atoms with Crippen LogP contribution in [0.4, 0.5) is 13.2 Å². The molecule has 0 aliphatic rings. The lowest BCUT2D eigenvalue weighted by Gasteiger charge is -2.27. The van der Waals surface area contributed by atoms with Gasteiger partial charge in [0.25, 0.3) is 0 Å². The highest BCUT2D eigenvalue weighted by Crippen LogP contribution is 2.28. The van der Waals surface area contributed by atoms with Gasteiger partial charge in [0.15, 0.2) is 0 Å². The lowest BCUT2D eigenvalue weighted by atomic mass is 9.98. The molecule has 0 saturated carbocycles. The predicted octanol–water partition coefficient (Wildman–Crippen LogP) is 4.05. The van der Waals surface area contributed by atoms with Gasteiger partial charge >= 0.3 is 6.36 Å². The fraction of sp³-hybridized carbons (Fsp3) is 0.600. The molecule has 0 aliphatic heterocycles. The molecule has 0 bridgehead atoms. The molecule has 1 rings (SSSR count). The molecule has 0 aliphatic carbocycles. The van der Waals surface area contributed by atoms with Gasteiger partial charge in [-0.05, 0) is 38.1 Å². The number of ether oxygens (including phenoxy) is 2. The third-order valence-corrected chi connectivity index (χ3v) is 3.09. The smallest absolute Gasteiger partial charge is 0.406 e. The van der Waals surface area contributed by atoms with Gasteiger partial charge in [-0.1, -0.05) is 25.5 Å². The second-order valence-corrected chi connectivity index (χ2v) is 4.67. The molecule has 2 atom stereocenters. The molecule has 0 spiro atoms. The average Bonchev–Trinajstić information content (AvgIpc) is 2.38. The van der Waals surface area contributed by atoms with E-state index in [-0.39, 0.29) is 17.9 Å². The zero-order chi connectivity index (χ0) is 15.9. The molecular weight excluding hydrogens is 283 g/mol.